The molecule has 114 valence electrons. The van der Waals surface area contributed by atoms with Crippen molar-refractivity contribution in [3.05, 3.63) is 0 Å². The van der Waals surface area contributed by atoms with Crippen molar-refractivity contribution in [3.63, 3.8) is 0 Å². The molecule has 0 aliphatic carbocycles. The van der Waals surface area contributed by atoms with Crippen LogP contribution in [0.4, 0.5) is 0 Å². The van der Waals surface area contributed by atoms with E-state index in [0.29, 0.717) is 25.0 Å². The van der Waals surface area contributed by atoms with Gasteiger partial charge in [0.1, 0.15) is 0 Å². The summed E-state index contributed by atoms with van der Waals surface area (Å²) in [5.41, 5.74) is 0. The van der Waals surface area contributed by atoms with Gasteiger partial charge in [-0.2, -0.15) is 0 Å². The van der Waals surface area contributed by atoms with Crippen LogP contribution >= 0.6 is 0 Å². The van der Waals surface area contributed by atoms with Gasteiger partial charge in [0.2, 0.25) is 10.0 Å². The Hall–Kier alpha value is -0.130. The summed E-state index contributed by atoms with van der Waals surface area (Å²) >= 11 is 0. The smallest absolute Gasteiger partial charge is 0.214 e. The Morgan fingerprint density at radius 1 is 1.21 bits per heavy atom. The minimum atomic E-state index is -3.04. The predicted molar refractivity (Wildman–Crippen MR) is 80.7 cm³/mol. The number of nitrogens with one attached hydrogen (secondary N) is 1. The summed E-state index contributed by atoms with van der Waals surface area (Å²) in [6.45, 7) is 10.7. The van der Waals surface area contributed by atoms with Gasteiger partial charge in [-0.15, -0.1) is 0 Å². The van der Waals surface area contributed by atoms with Crippen LogP contribution < -0.4 is 5.32 Å². The number of piperidine rings is 1. The highest BCUT2D eigenvalue weighted by molar-refractivity contribution is 7.89. The van der Waals surface area contributed by atoms with Crippen molar-refractivity contribution in [3.8, 4) is 0 Å². The first kappa shape index (κ1) is 16.9. The first-order valence-corrected chi connectivity index (χ1v) is 9.19. The largest absolute Gasteiger partial charge is 0.314 e. The van der Waals surface area contributed by atoms with Crippen molar-refractivity contribution in [2.45, 2.75) is 53.0 Å². The average molecular weight is 290 g/mol. The summed E-state index contributed by atoms with van der Waals surface area (Å²) in [6.07, 6.45) is 3.11. The van der Waals surface area contributed by atoms with Crippen LogP contribution in [0, 0.1) is 11.8 Å². The summed E-state index contributed by atoms with van der Waals surface area (Å²) in [5.74, 6) is 1.09. The molecule has 0 saturated carbocycles. The molecule has 1 rings (SSSR count). The molecule has 1 heterocycles. The normalized spacial score (nSPS) is 20.9. The SMILES string of the molecule is CCCNC(C)C1CCN(S(=O)(=O)CC(C)C)CC1. The van der Waals surface area contributed by atoms with Gasteiger partial charge in [-0.3, -0.25) is 0 Å². The van der Waals surface area contributed by atoms with Crippen molar-refractivity contribution in [1.29, 1.82) is 0 Å². The fraction of sp³-hybridized carbons (Fsp3) is 1.00. The number of sulfonamides is 1. The van der Waals surface area contributed by atoms with Gasteiger partial charge in [0.05, 0.1) is 5.75 Å². The molecule has 1 saturated heterocycles. The molecule has 0 aromatic heterocycles. The first-order valence-electron chi connectivity index (χ1n) is 7.58. The molecule has 1 fully saturated rings. The molecule has 1 unspecified atom stereocenters. The molecule has 0 spiro atoms. The Labute approximate surface area is 119 Å². The average Bonchev–Trinajstić information content (AvgIpc) is 2.34. The van der Waals surface area contributed by atoms with E-state index in [1.165, 1.54) is 0 Å². The van der Waals surface area contributed by atoms with Crippen molar-refractivity contribution in [2.24, 2.45) is 11.8 Å². The lowest BCUT2D eigenvalue weighted by molar-refractivity contribution is 0.231. The lowest BCUT2D eigenvalue weighted by atomic mass is 9.91. The number of nitrogens with zero attached hydrogens (tertiary/aromatic N) is 1. The van der Waals surface area contributed by atoms with E-state index < -0.39 is 10.0 Å². The third-order valence-electron chi connectivity index (χ3n) is 3.86. The van der Waals surface area contributed by atoms with E-state index in [4.69, 9.17) is 0 Å². The van der Waals surface area contributed by atoms with Gasteiger partial charge in [-0.1, -0.05) is 20.8 Å². The zero-order valence-corrected chi connectivity index (χ0v) is 13.7. The van der Waals surface area contributed by atoms with E-state index in [-0.39, 0.29) is 11.7 Å². The van der Waals surface area contributed by atoms with E-state index in [0.717, 1.165) is 25.8 Å². The third-order valence-corrected chi connectivity index (χ3v) is 6.10. The lowest BCUT2D eigenvalue weighted by Crippen LogP contribution is -2.45. The molecule has 0 amide bonds. The van der Waals surface area contributed by atoms with E-state index in [2.05, 4.69) is 19.2 Å². The number of rotatable bonds is 7. The monoisotopic (exact) mass is 290 g/mol. The highest BCUT2D eigenvalue weighted by atomic mass is 32.2. The highest BCUT2D eigenvalue weighted by Gasteiger charge is 2.30. The van der Waals surface area contributed by atoms with Gasteiger partial charge in [0, 0.05) is 19.1 Å². The van der Waals surface area contributed by atoms with Gasteiger partial charge in [0.25, 0.3) is 0 Å². The van der Waals surface area contributed by atoms with Crippen LogP contribution in [0.25, 0.3) is 0 Å². The van der Waals surface area contributed by atoms with Gasteiger partial charge < -0.3 is 5.32 Å². The summed E-state index contributed by atoms with van der Waals surface area (Å²) in [6, 6.07) is 0.495. The Kier molecular flexibility index (Phi) is 6.77. The quantitative estimate of drug-likeness (QED) is 0.781. The summed E-state index contributed by atoms with van der Waals surface area (Å²) in [7, 11) is -3.04. The molecule has 1 aliphatic rings. The zero-order valence-electron chi connectivity index (χ0n) is 12.9. The van der Waals surface area contributed by atoms with Gasteiger partial charge in [-0.25, -0.2) is 12.7 Å². The van der Waals surface area contributed by atoms with Crippen LogP contribution in [0.5, 0.6) is 0 Å². The van der Waals surface area contributed by atoms with Gasteiger partial charge in [0.15, 0.2) is 0 Å². The Morgan fingerprint density at radius 2 is 1.79 bits per heavy atom. The van der Waals surface area contributed by atoms with Gasteiger partial charge >= 0.3 is 0 Å². The van der Waals surface area contributed by atoms with Crippen LogP contribution in [0.1, 0.15) is 47.0 Å². The van der Waals surface area contributed by atoms with Crippen molar-refractivity contribution in [1.82, 2.24) is 9.62 Å². The summed E-state index contributed by atoms with van der Waals surface area (Å²) < 4.78 is 26.0. The standard InChI is InChI=1S/C14H30N2O2S/c1-5-8-15-13(4)14-6-9-16(10-7-14)19(17,18)11-12(2)3/h12-15H,5-11H2,1-4H3. The van der Waals surface area contributed by atoms with Crippen LogP contribution in [0.3, 0.4) is 0 Å². The maximum atomic E-state index is 12.2. The Bertz CT molecular complexity index is 346. The molecule has 0 aromatic carbocycles. The van der Waals surface area contributed by atoms with Crippen molar-refractivity contribution in [2.75, 3.05) is 25.4 Å². The minimum Gasteiger partial charge on any atom is -0.314 e. The van der Waals surface area contributed by atoms with E-state index in [9.17, 15) is 8.42 Å². The highest BCUT2D eigenvalue weighted by Crippen LogP contribution is 2.23. The fourth-order valence-electron chi connectivity index (χ4n) is 2.72. The second-order valence-corrected chi connectivity index (χ2v) is 8.17. The predicted octanol–water partition coefficient (Wildman–Crippen LogP) is 2.07. The Balaban J connectivity index is 2.44. The molecule has 19 heavy (non-hydrogen) atoms. The van der Waals surface area contributed by atoms with Crippen LogP contribution in [0.2, 0.25) is 0 Å². The molecule has 0 radical (unpaired) electrons. The van der Waals surface area contributed by atoms with Gasteiger partial charge in [-0.05, 0) is 44.6 Å². The minimum absolute atomic E-state index is 0.202. The molecule has 0 aromatic rings. The molecule has 1 N–H and O–H groups in total. The molecule has 5 heteroatoms. The number of hydrogen-bond acceptors (Lipinski definition) is 3. The zero-order chi connectivity index (χ0) is 14.5. The van der Waals surface area contributed by atoms with Crippen molar-refractivity contribution >= 4 is 10.0 Å². The lowest BCUT2D eigenvalue weighted by Gasteiger charge is -2.34. The fourth-order valence-corrected chi connectivity index (χ4v) is 4.54. The van der Waals surface area contributed by atoms with E-state index in [1.807, 2.05) is 13.8 Å². The maximum Gasteiger partial charge on any atom is 0.214 e. The molecule has 0 bridgehead atoms. The summed E-state index contributed by atoms with van der Waals surface area (Å²) in [5, 5.41) is 3.52. The topological polar surface area (TPSA) is 49.4 Å². The van der Waals surface area contributed by atoms with Crippen LogP contribution in [-0.2, 0) is 10.0 Å². The molecule has 4 nitrogen and oxygen atoms in total. The second-order valence-electron chi connectivity index (χ2n) is 6.15. The molecule has 1 aliphatic heterocycles. The van der Waals surface area contributed by atoms with Crippen LogP contribution in [0.15, 0.2) is 0 Å². The van der Waals surface area contributed by atoms with Crippen molar-refractivity contribution < 1.29 is 8.42 Å². The molecule has 1 atom stereocenters. The first-order chi connectivity index (χ1) is 8.86. The summed E-state index contributed by atoms with van der Waals surface area (Å²) in [4.78, 5) is 0. The number of hydrogen-bond donors (Lipinski definition) is 1. The molecular formula is C14H30N2O2S. The second kappa shape index (κ2) is 7.60. The Morgan fingerprint density at radius 3 is 2.26 bits per heavy atom. The maximum absolute atomic E-state index is 12.2. The van der Waals surface area contributed by atoms with E-state index in [1.54, 1.807) is 4.31 Å². The van der Waals surface area contributed by atoms with E-state index >= 15 is 0 Å². The van der Waals surface area contributed by atoms with Crippen LogP contribution in [-0.4, -0.2) is 44.2 Å². The molecular weight excluding hydrogens is 260 g/mol. The third kappa shape index (κ3) is 5.40.